The number of rotatable bonds is 1. The molecule has 1 amide bonds. The molecule has 1 aliphatic heterocycles. The lowest BCUT2D eigenvalue weighted by atomic mass is 9.84. The number of allylic oxidation sites excluding steroid dienone is 3. The Morgan fingerprint density at radius 2 is 2.07 bits per heavy atom. The molecule has 0 spiro atoms. The molecular weight excluding hydrogens is 173 g/mol. The van der Waals surface area contributed by atoms with Crippen molar-refractivity contribution in [3.8, 4) is 0 Å². The van der Waals surface area contributed by atoms with Crippen LogP contribution in [-0.2, 0) is 4.79 Å². The van der Waals surface area contributed by atoms with E-state index < -0.39 is 0 Å². The summed E-state index contributed by atoms with van der Waals surface area (Å²) in [5.41, 5.74) is 1.07. The molecular formula is C11H14BNO. The molecule has 0 aromatic carbocycles. The highest BCUT2D eigenvalue weighted by Crippen LogP contribution is 2.55. The van der Waals surface area contributed by atoms with Crippen LogP contribution in [0.5, 0.6) is 0 Å². The van der Waals surface area contributed by atoms with Crippen molar-refractivity contribution in [1.82, 2.24) is 4.90 Å². The monoisotopic (exact) mass is 187 g/mol. The topological polar surface area (TPSA) is 20.3 Å². The number of likely N-dealkylation sites (tertiary alicyclic amines) is 1. The molecule has 1 heterocycles. The molecule has 0 aromatic heterocycles. The second-order valence-electron chi connectivity index (χ2n) is 4.57. The molecule has 2 aliphatic carbocycles. The highest BCUT2D eigenvalue weighted by molar-refractivity contribution is 6.10. The molecule has 14 heavy (non-hydrogen) atoms. The largest absolute Gasteiger partial charge is 0.324 e. The molecule has 0 aromatic rings. The van der Waals surface area contributed by atoms with Crippen LogP contribution in [0.15, 0.2) is 24.4 Å². The van der Waals surface area contributed by atoms with Gasteiger partial charge in [-0.15, -0.1) is 0 Å². The van der Waals surface area contributed by atoms with Gasteiger partial charge in [-0.2, -0.15) is 0 Å². The average molecular weight is 187 g/mol. The summed E-state index contributed by atoms with van der Waals surface area (Å²) in [5, 5.41) is 0. The van der Waals surface area contributed by atoms with E-state index in [9.17, 15) is 4.79 Å². The summed E-state index contributed by atoms with van der Waals surface area (Å²) in [6.07, 6.45) is 6.47. The van der Waals surface area contributed by atoms with E-state index >= 15 is 0 Å². The van der Waals surface area contributed by atoms with Crippen molar-refractivity contribution in [2.75, 3.05) is 6.44 Å². The Kier molecular flexibility index (Phi) is 1.50. The summed E-state index contributed by atoms with van der Waals surface area (Å²) < 4.78 is 0. The molecule has 3 aliphatic rings. The summed E-state index contributed by atoms with van der Waals surface area (Å²) in [7, 11) is 2.03. The minimum Gasteiger partial charge on any atom is -0.324 e. The molecule has 1 saturated carbocycles. The van der Waals surface area contributed by atoms with Gasteiger partial charge >= 0.3 is 0 Å². The summed E-state index contributed by atoms with van der Waals surface area (Å²) >= 11 is 0. The number of carbonyl (C=O) groups excluding carboxylic acids is 1. The maximum Gasteiger partial charge on any atom is 0.230 e. The first-order valence-electron chi connectivity index (χ1n) is 5.42. The van der Waals surface area contributed by atoms with Crippen molar-refractivity contribution < 1.29 is 4.79 Å². The summed E-state index contributed by atoms with van der Waals surface area (Å²) in [6.45, 7) is 4.09. The molecule has 2 bridgehead atoms. The van der Waals surface area contributed by atoms with Gasteiger partial charge in [-0.3, -0.25) is 4.79 Å². The Labute approximate surface area is 85.1 Å². The number of carbonyl (C=O) groups is 1. The normalized spacial score (nSPS) is 43.9. The lowest BCUT2D eigenvalue weighted by molar-refractivity contribution is -0.130. The zero-order valence-corrected chi connectivity index (χ0v) is 8.44. The summed E-state index contributed by atoms with van der Waals surface area (Å²) in [4.78, 5) is 13.9. The van der Waals surface area contributed by atoms with Crippen LogP contribution in [0.4, 0.5) is 0 Å². The highest BCUT2D eigenvalue weighted by Gasteiger charge is 2.55. The predicted molar refractivity (Wildman–Crippen MR) is 57.1 cm³/mol. The van der Waals surface area contributed by atoms with Crippen LogP contribution < -0.4 is 0 Å². The van der Waals surface area contributed by atoms with E-state index in [1.807, 2.05) is 12.7 Å². The smallest absolute Gasteiger partial charge is 0.230 e. The standard InChI is InChI=1S/C11H14BNO/c1-6-9-7-2-3-8(4-7)10(9)11(14)13(6)5-12/h2-3,7-10H,1,4-5,12H2. The van der Waals surface area contributed by atoms with Crippen molar-refractivity contribution in [2.24, 2.45) is 23.7 Å². The fourth-order valence-corrected chi connectivity index (χ4v) is 3.47. The maximum absolute atomic E-state index is 12.0. The number of nitrogens with zero attached hydrogens (tertiary/aromatic N) is 1. The first kappa shape index (κ1) is 8.33. The van der Waals surface area contributed by atoms with Crippen molar-refractivity contribution in [1.29, 1.82) is 0 Å². The minimum absolute atomic E-state index is 0.234. The van der Waals surface area contributed by atoms with Gasteiger partial charge in [0.25, 0.3) is 0 Å². The van der Waals surface area contributed by atoms with Crippen LogP contribution in [0.25, 0.3) is 0 Å². The van der Waals surface area contributed by atoms with Gasteiger partial charge in [0.15, 0.2) is 0 Å². The third kappa shape index (κ3) is 0.764. The van der Waals surface area contributed by atoms with Crippen LogP contribution in [0.1, 0.15) is 6.42 Å². The van der Waals surface area contributed by atoms with Crippen molar-refractivity contribution in [3.05, 3.63) is 24.4 Å². The zero-order chi connectivity index (χ0) is 9.87. The van der Waals surface area contributed by atoms with Crippen LogP contribution in [0.3, 0.4) is 0 Å². The van der Waals surface area contributed by atoms with Crippen molar-refractivity contribution >= 4 is 13.8 Å². The fraction of sp³-hybridized carbons (Fsp3) is 0.545. The minimum atomic E-state index is 0.234. The van der Waals surface area contributed by atoms with Crippen molar-refractivity contribution in [2.45, 2.75) is 6.42 Å². The Balaban J connectivity index is 2.02. The van der Waals surface area contributed by atoms with E-state index in [0.717, 1.165) is 12.1 Å². The zero-order valence-electron chi connectivity index (χ0n) is 8.44. The molecule has 4 atom stereocenters. The van der Waals surface area contributed by atoms with Gasteiger partial charge in [0.1, 0.15) is 7.85 Å². The lowest BCUT2D eigenvalue weighted by Crippen LogP contribution is -2.29. The van der Waals surface area contributed by atoms with Crippen LogP contribution >= 0.6 is 0 Å². The van der Waals surface area contributed by atoms with E-state index in [2.05, 4.69) is 18.7 Å². The first-order valence-corrected chi connectivity index (χ1v) is 5.42. The fourth-order valence-electron chi connectivity index (χ4n) is 3.47. The number of hydrogen-bond donors (Lipinski definition) is 0. The van der Waals surface area contributed by atoms with Crippen LogP contribution in [0.2, 0.25) is 0 Å². The van der Waals surface area contributed by atoms with Crippen LogP contribution in [-0.4, -0.2) is 25.1 Å². The molecule has 3 rings (SSSR count). The second kappa shape index (κ2) is 2.53. The van der Waals surface area contributed by atoms with Gasteiger partial charge in [-0.25, -0.2) is 0 Å². The molecule has 4 unspecified atom stereocenters. The maximum atomic E-state index is 12.0. The van der Waals surface area contributed by atoms with E-state index in [-0.39, 0.29) is 5.92 Å². The van der Waals surface area contributed by atoms with E-state index in [1.165, 1.54) is 6.42 Å². The molecule has 2 fully saturated rings. The quantitative estimate of drug-likeness (QED) is 0.429. The van der Waals surface area contributed by atoms with Crippen LogP contribution in [0, 0.1) is 23.7 Å². The van der Waals surface area contributed by atoms with E-state index in [0.29, 0.717) is 23.7 Å². The van der Waals surface area contributed by atoms with Gasteiger partial charge in [0.05, 0.1) is 5.92 Å². The Hall–Kier alpha value is -0.985. The molecule has 72 valence electrons. The van der Waals surface area contributed by atoms with E-state index in [4.69, 9.17) is 0 Å². The molecule has 3 heteroatoms. The third-order valence-electron chi connectivity index (χ3n) is 4.06. The predicted octanol–water partition coefficient (Wildman–Crippen LogP) is 0.371. The number of hydrogen-bond acceptors (Lipinski definition) is 1. The van der Waals surface area contributed by atoms with Gasteiger partial charge in [0.2, 0.25) is 5.91 Å². The van der Waals surface area contributed by atoms with Gasteiger partial charge < -0.3 is 4.90 Å². The van der Waals surface area contributed by atoms with Gasteiger partial charge in [-0.05, 0) is 24.7 Å². The SMILES string of the molecule is BCN1C(=C)C2C3C=CC(C3)C2C1=O. The molecule has 1 saturated heterocycles. The van der Waals surface area contributed by atoms with Gasteiger partial charge in [0, 0.05) is 11.6 Å². The summed E-state index contributed by atoms with van der Waals surface area (Å²) in [5.74, 6) is 2.08. The average Bonchev–Trinajstić information content (AvgIpc) is 2.80. The number of fused-ring (bicyclic) bond motifs is 5. The Morgan fingerprint density at radius 3 is 2.64 bits per heavy atom. The highest BCUT2D eigenvalue weighted by atomic mass is 16.2. The Morgan fingerprint density at radius 1 is 1.43 bits per heavy atom. The van der Waals surface area contributed by atoms with E-state index in [1.54, 1.807) is 0 Å². The first-order chi connectivity index (χ1) is 6.74. The van der Waals surface area contributed by atoms with Gasteiger partial charge in [-0.1, -0.05) is 18.7 Å². The molecule has 0 N–H and O–H groups in total. The Bertz CT molecular complexity index is 319. The second-order valence-corrected chi connectivity index (χ2v) is 4.57. The summed E-state index contributed by atoms with van der Waals surface area (Å²) in [6, 6.07) is 0. The third-order valence-corrected chi connectivity index (χ3v) is 4.06. The molecule has 2 nitrogen and oxygen atoms in total. The number of amides is 1. The lowest BCUT2D eigenvalue weighted by Gasteiger charge is -2.19. The molecule has 0 radical (unpaired) electrons. The van der Waals surface area contributed by atoms with Crippen molar-refractivity contribution in [3.63, 3.8) is 0 Å².